The van der Waals surface area contributed by atoms with E-state index in [1.165, 1.54) is 0 Å². The number of hydrogen-bond acceptors (Lipinski definition) is 19. The Hall–Kier alpha value is -0.760. The fraction of sp³-hybridized carbons (Fsp3) is 1.00. The molecule has 0 aromatic rings. The summed E-state index contributed by atoms with van der Waals surface area (Å²) < 4.78 is 44.3. The minimum absolute atomic E-state index is 0.00898. The normalized spacial score (nSPS) is 58.0. The number of ether oxygens (including phenoxy) is 7. The van der Waals surface area contributed by atoms with Gasteiger partial charge in [-0.15, -0.1) is 0 Å². The number of fused-ring (bicyclic) bond motifs is 2. The van der Waals surface area contributed by atoms with Crippen LogP contribution in [-0.4, -0.2) is 203 Å². The van der Waals surface area contributed by atoms with Gasteiger partial charge in [-0.3, -0.25) is 0 Å². The highest BCUT2D eigenvalue weighted by Gasteiger charge is 2.85. The van der Waals surface area contributed by atoms with Crippen LogP contribution >= 0.6 is 0 Å². The van der Waals surface area contributed by atoms with E-state index in [2.05, 4.69) is 34.6 Å². The molecule has 0 unspecified atom stereocenters. The predicted octanol–water partition coefficient (Wildman–Crippen LogP) is -1.45. The molecule has 19 heteroatoms. The molecule has 5 aliphatic carbocycles. The maximum absolute atomic E-state index is 12.5. The van der Waals surface area contributed by atoms with Crippen molar-refractivity contribution in [1.82, 2.24) is 0 Å². The molecule has 380 valence electrons. The molecular weight excluding hydrogens is 868 g/mol. The Balaban J connectivity index is 1.01. The van der Waals surface area contributed by atoms with Crippen molar-refractivity contribution in [3.8, 4) is 0 Å². The lowest BCUT2D eigenvalue weighted by Crippen LogP contribution is -2.65. The Morgan fingerprint density at radius 1 is 0.591 bits per heavy atom. The molecular formula is C47H78O19. The van der Waals surface area contributed by atoms with Crippen LogP contribution in [0.4, 0.5) is 0 Å². The molecule has 19 nitrogen and oxygen atoms in total. The molecule has 9 rings (SSSR count). The van der Waals surface area contributed by atoms with Crippen LogP contribution in [0.15, 0.2) is 0 Å². The first-order chi connectivity index (χ1) is 30.8. The predicted molar refractivity (Wildman–Crippen MR) is 226 cm³/mol. The summed E-state index contributed by atoms with van der Waals surface area (Å²) in [6.45, 7) is 13.0. The monoisotopic (exact) mass is 947 g/mol. The van der Waals surface area contributed by atoms with E-state index in [0.29, 0.717) is 32.1 Å². The first kappa shape index (κ1) is 50.2. The summed E-state index contributed by atoms with van der Waals surface area (Å²) in [7, 11) is 0. The van der Waals surface area contributed by atoms with Crippen molar-refractivity contribution in [1.29, 1.82) is 0 Å². The first-order valence-corrected chi connectivity index (χ1v) is 24.4. The van der Waals surface area contributed by atoms with E-state index in [1.807, 2.05) is 13.8 Å². The second kappa shape index (κ2) is 16.9. The SMILES string of the molecule is CC(C)(O[C@H]1O[C@@H](CO)[C@H](O)[C@@H](O)[C@@H]1O)[C@H]1CC[C@](C)([C@H]2[C@H](O)C[C@@]3(C)[C@@H]4C[C@@H](O[C@@H]5O[C@H](CO)[C@@H](O)[C@H](O)[C@H]5O)[C@H]5C(C)(C)[C@@H](O[C@H]6OC[C@@H](O)[C@@H](O)[C@H]6O)CC[C@]56C[C@]46CC[C@@]23C)O1. The lowest BCUT2D eigenvalue weighted by Gasteiger charge is -2.65. The van der Waals surface area contributed by atoms with Gasteiger partial charge in [-0.2, -0.15) is 0 Å². The topological polar surface area (TPSA) is 307 Å². The zero-order valence-electron chi connectivity index (χ0n) is 39.3. The van der Waals surface area contributed by atoms with E-state index in [1.54, 1.807) is 0 Å². The maximum atomic E-state index is 12.5. The molecule has 9 fully saturated rings. The summed E-state index contributed by atoms with van der Waals surface area (Å²) in [5.74, 6) is -0.523. The Bertz CT molecular complexity index is 1770. The minimum Gasteiger partial charge on any atom is -0.394 e. The third-order valence-corrected chi connectivity index (χ3v) is 19.9. The van der Waals surface area contributed by atoms with Crippen LogP contribution < -0.4 is 0 Å². The van der Waals surface area contributed by atoms with E-state index in [-0.39, 0.29) is 35.2 Å². The molecule has 9 aliphatic rings. The van der Waals surface area contributed by atoms with Crippen molar-refractivity contribution in [3.05, 3.63) is 0 Å². The van der Waals surface area contributed by atoms with Gasteiger partial charge in [-0.1, -0.05) is 27.7 Å². The van der Waals surface area contributed by atoms with Gasteiger partial charge in [0, 0.05) is 5.92 Å². The average Bonchev–Trinajstić information content (AvgIpc) is 3.63. The zero-order chi connectivity index (χ0) is 48.1. The van der Waals surface area contributed by atoms with Gasteiger partial charge < -0.3 is 94.4 Å². The van der Waals surface area contributed by atoms with Crippen LogP contribution in [-0.2, 0) is 33.2 Å². The molecule has 12 N–H and O–H groups in total. The molecule has 2 spiro atoms. The molecule has 0 aromatic heterocycles. The average molecular weight is 947 g/mol. The van der Waals surface area contributed by atoms with Gasteiger partial charge in [0.05, 0.1) is 55.4 Å². The van der Waals surface area contributed by atoms with E-state index in [4.69, 9.17) is 33.2 Å². The fourth-order valence-electron chi connectivity index (χ4n) is 16.4. The molecule has 4 saturated heterocycles. The van der Waals surface area contributed by atoms with Gasteiger partial charge >= 0.3 is 0 Å². The quantitative estimate of drug-likeness (QED) is 0.112. The highest BCUT2D eigenvalue weighted by Crippen LogP contribution is 2.89. The number of aliphatic hydroxyl groups excluding tert-OH is 12. The van der Waals surface area contributed by atoms with E-state index in [9.17, 15) is 61.3 Å². The van der Waals surface area contributed by atoms with Gasteiger partial charge in [0.2, 0.25) is 0 Å². The minimum atomic E-state index is -1.65. The summed E-state index contributed by atoms with van der Waals surface area (Å²) >= 11 is 0. The number of hydrogen-bond donors (Lipinski definition) is 12. The number of rotatable bonds is 10. The Morgan fingerprint density at radius 2 is 1.20 bits per heavy atom. The smallest absolute Gasteiger partial charge is 0.187 e. The lowest BCUT2D eigenvalue weighted by atomic mass is 9.41. The Labute approximate surface area is 386 Å². The van der Waals surface area contributed by atoms with Crippen LogP contribution in [0.25, 0.3) is 0 Å². The Kier molecular flexibility index (Phi) is 12.9. The summed E-state index contributed by atoms with van der Waals surface area (Å²) in [6, 6.07) is 0. The van der Waals surface area contributed by atoms with E-state index in [0.717, 1.165) is 25.7 Å². The molecule has 0 radical (unpaired) electrons. The van der Waals surface area contributed by atoms with Crippen LogP contribution in [0.2, 0.25) is 0 Å². The highest BCUT2D eigenvalue weighted by molar-refractivity contribution is 5.33. The lowest BCUT2D eigenvalue weighted by molar-refractivity contribution is -0.339. The van der Waals surface area contributed by atoms with Gasteiger partial charge in [0.25, 0.3) is 0 Å². The molecule has 4 heterocycles. The standard InChI is InChI=1S/C47H78O19/c1-41(2)26(64-38-33(57)28(52)21(51)18-60-38)9-11-47-19-46(47)13-12-43(5)36(45(7)10-8-27(65-45)42(3,4)66-40-35(59)32(56)30(54)24(17-49)63-40)20(50)15-44(43,6)25(46)14-22(37(41)47)61-39-34(58)31(55)29(53)23(16-48)62-39/h20-40,48-59H,8-19H2,1-7H3/t20-,21-,22-,23-,24+,25+,26+,27-,28-,29-,30+,31+,32-,33-,34-,35+,36+,37+,38-,39-,40-,43+,44+,45-,46-,47+/m1/s1. The van der Waals surface area contributed by atoms with Gasteiger partial charge in [0.15, 0.2) is 18.9 Å². The summed E-state index contributed by atoms with van der Waals surface area (Å²) in [5.41, 5.74) is -3.88. The second-order valence-electron chi connectivity index (χ2n) is 23.8. The van der Waals surface area contributed by atoms with Crippen molar-refractivity contribution in [2.75, 3.05) is 19.8 Å². The van der Waals surface area contributed by atoms with Crippen LogP contribution in [0.3, 0.4) is 0 Å². The summed E-state index contributed by atoms with van der Waals surface area (Å²) in [5, 5.41) is 129. The van der Waals surface area contributed by atoms with E-state index < -0.39 is 151 Å². The third-order valence-electron chi connectivity index (χ3n) is 19.9. The molecule has 5 saturated carbocycles. The second-order valence-corrected chi connectivity index (χ2v) is 23.8. The van der Waals surface area contributed by atoms with Gasteiger partial charge in [0.1, 0.15) is 67.1 Å². The highest BCUT2D eigenvalue weighted by atomic mass is 16.7. The fourth-order valence-corrected chi connectivity index (χ4v) is 16.4. The summed E-state index contributed by atoms with van der Waals surface area (Å²) in [6.07, 6.45) is -16.3. The molecule has 0 aromatic carbocycles. The van der Waals surface area contributed by atoms with Crippen LogP contribution in [0, 0.1) is 44.8 Å². The van der Waals surface area contributed by atoms with Crippen molar-refractivity contribution in [2.45, 2.75) is 228 Å². The maximum Gasteiger partial charge on any atom is 0.187 e. The van der Waals surface area contributed by atoms with Crippen molar-refractivity contribution in [2.24, 2.45) is 44.8 Å². The van der Waals surface area contributed by atoms with E-state index >= 15 is 0 Å². The number of aliphatic hydroxyl groups is 12. The van der Waals surface area contributed by atoms with Gasteiger partial charge in [-0.05, 0) is 117 Å². The first-order valence-electron chi connectivity index (χ1n) is 24.4. The Morgan fingerprint density at radius 3 is 1.83 bits per heavy atom. The summed E-state index contributed by atoms with van der Waals surface area (Å²) in [4.78, 5) is 0. The van der Waals surface area contributed by atoms with Crippen molar-refractivity contribution >= 4 is 0 Å². The van der Waals surface area contributed by atoms with Gasteiger partial charge in [-0.25, -0.2) is 0 Å². The third kappa shape index (κ3) is 7.22. The molecule has 0 amide bonds. The zero-order valence-corrected chi connectivity index (χ0v) is 39.3. The molecule has 0 bridgehead atoms. The molecule has 66 heavy (non-hydrogen) atoms. The molecule has 4 aliphatic heterocycles. The van der Waals surface area contributed by atoms with Crippen LogP contribution in [0.1, 0.15) is 106 Å². The van der Waals surface area contributed by atoms with Crippen molar-refractivity contribution < 1.29 is 94.4 Å². The molecule has 26 atom stereocenters. The van der Waals surface area contributed by atoms with Crippen molar-refractivity contribution in [3.63, 3.8) is 0 Å². The van der Waals surface area contributed by atoms with Crippen LogP contribution in [0.5, 0.6) is 0 Å². The largest absolute Gasteiger partial charge is 0.394 e.